The standard InChI is InChI=1S/C25H23N5O/c1-5-22-21(15-27)23(24(30(22)4)25(31)28-16-29(2)3)18-12-10-17(11-13-18)20-9-7-6-8-19(20)14-26/h6-13,16H,5H2,1-4H3/b28-16+. The molecule has 1 amide bonds. The Morgan fingerprint density at radius 3 is 2.29 bits per heavy atom. The SMILES string of the molecule is CCc1c(C#N)c(-c2ccc(-c3ccccc3C#N)cc2)c(C(=O)/N=C/N(C)C)n1C. The minimum absolute atomic E-state index is 0.386. The van der Waals surface area contributed by atoms with Crippen LogP contribution in [0.25, 0.3) is 22.3 Å². The smallest absolute Gasteiger partial charge is 0.295 e. The second kappa shape index (κ2) is 9.11. The second-order valence-electron chi connectivity index (χ2n) is 7.32. The van der Waals surface area contributed by atoms with Gasteiger partial charge in [0.2, 0.25) is 0 Å². The fourth-order valence-corrected chi connectivity index (χ4v) is 3.68. The molecule has 0 atom stereocenters. The number of hydrogen-bond donors (Lipinski definition) is 0. The van der Waals surface area contributed by atoms with Crippen molar-refractivity contribution in [3.05, 3.63) is 71.0 Å². The molecule has 0 spiro atoms. The largest absolute Gasteiger partial charge is 0.369 e. The zero-order valence-corrected chi connectivity index (χ0v) is 18.0. The van der Waals surface area contributed by atoms with Crippen LogP contribution >= 0.6 is 0 Å². The molecule has 6 nitrogen and oxygen atoms in total. The number of aliphatic imine (C=N–C) groups is 1. The highest BCUT2D eigenvalue weighted by Gasteiger charge is 2.25. The molecule has 0 unspecified atom stereocenters. The summed E-state index contributed by atoms with van der Waals surface area (Å²) >= 11 is 0. The van der Waals surface area contributed by atoms with Crippen molar-refractivity contribution >= 4 is 12.2 Å². The van der Waals surface area contributed by atoms with Gasteiger partial charge in [0.15, 0.2) is 0 Å². The molecule has 0 aliphatic carbocycles. The van der Waals surface area contributed by atoms with E-state index in [-0.39, 0.29) is 0 Å². The summed E-state index contributed by atoms with van der Waals surface area (Å²) in [6, 6.07) is 19.5. The Kier molecular flexibility index (Phi) is 6.33. The number of nitrogens with zero attached hydrogens (tertiary/aromatic N) is 5. The highest BCUT2D eigenvalue weighted by Crippen LogP contribution is 2.34. The summed E-state index contributed by atoms with van der Waals surface area (Å²) in [6.07, 6.45) is 2.07. The number of carbonyl (C=O) groups is 1. The molecule has 0 saturated carbocycles. The predicted octanol–water partition coefficient (Wildman–Crippen LogP) is 4.39. The van der Waals surface area contributed by atoms with Crippen molar-refractivity contribution in [1.29, 1.82) is 10.5 Å². The molecule has 3 rings (SSSR count). The molecular formula is C25H23N5O. The number of amides is 1. The first-order valence-electron chi connectivity index (χ1n) is 9.89. The molecule has 6 heteroatoms. The summed E-state index contributed by atoms with van der Waals surface area (Å²) in [4.78, 5) is 18.7. The average Bonchev–Trinajstić information content (AvgIpc) is 3.08. The van der Waals surface area contributed by atoms with Crippen molar-refractivity contribution in [2.75, 3.05) is 14.1 Å². The summed E-state index contributed by atoms with van der Waals surface area (Å²) in [5.41, 5.74) is 5.33. The first kappa shape index (κ1) is 21.5. The lowest BCUT2D eigenvalue weighted by Crippen LogP contribution is -2.12. The van der Waals surface area contributed by atoms with E-state index in [0.29, 0.717) is 28.8 Å². The number of hydrogen-bond acceptors (Lipinski definition) is 3. The molecule has 0 bridgehead atoms. The van der Waals surface area contributed by atoms with E-state index in [0.717, 1.165) is 22.4 Å². The van der Waals surface area contributed by atoms with Gasteiger partial charge in [-0.3, -0.25) is 4.79 Å². The van der Waals surface area contributed by atoms with E-state index in [1.165, 1.54) is 6.34 Å². The van der Waals surface area contributed by atoms with Crippen LogP contribution in [0.3, 0.4) is 0 Å². The van der Waals surface area contributed by atoms with Gasteiger partial charge in [-0.1, -0.05) is 49.4 Å². The number of aromatic nitrogens is 1. The summed E-state index contributed by atoms with van der Waals surface area (Å²) in [7, 11) is 5.37. The lowest BCUT2D eigenvalue weighted by Gasteiger charge is -2.08. The Morgan fingerprint density at radius 1 is 1.06 bits per heavy atom. The third kappa shape index (κ3) is 4.10. The predicted molar refractivity (Wildman–Crippen MR) is 122 cm³/mol. The Labute approximate surface area is 182 Å². The molecule has 2 aromatic carbocycles. The molecule has 0 saturated heterocycles. The van der Waals surface area contributed by atoms with Crippen LogP contribution in [-0.2, 0) is 13.5 Å². The lowest BCUT2D eigenvalue weighted by atomic mass is 9.95. The van der Waals surface area contributed by atoms with Crippen LogP contribution in [0.1, 0.15) is 34.2 Å². The van der Waals surface area contributed by atoms with E-state index in [1.807, 2.05) is 49.4 Å². The normalized spacial score (nSPS) is 10.6. The van der Waals surface area contributed by atoms with Crippen molar-refractivity contribution in [2.45, 2.75) is 13.3 Å². The zero-order chi connectivity index (χ0) is 22.5. The molecule has 0 N–H and O–H groups in total. The summed E-state index contributed by atoms with van der Waals surface area (Å²) < 4.78 is 1.77. The maximum absolute atomic E-state index is 12.9. The second-order valence-corrected chi connectivity index (χ2v) is 7.32. The van der Waals surface area contributed by atoms with E-state index in [1.54, 1.807) is 36.7 Å². The molecule has 0 aliphatic rings. The first-order valence-corrected chi connectivity index (χ1v) is 9.89. The lowest BCUT2D eigenvalue weighted by molar-refractivity contribution is 0.0995. The maximum Gasteiger partial charge on any atom is 0.295 e. The van der Waals surface area contributed by atoms with Gasteiger partial charge < -0.3 is 9.47 Å². The highest BCUT2D eigenvalue weighted by atomic mass is 16.1. The van der Waals surface area contributed by atoms with Crippen LogP contribution < -0.4 is 0 Å². The van der Waals surface area contributed by atoms with E-state index >= 15 is 0 Å². The van der Waals surface area contributed by atoms with Crippen molar-refractivity contribution in [3.8, 4) is 34.4 Å². The van der Waals surface area contributed by atoms with Gasteiger partial charge in [-0.25, -0.2) is 0 Å². The summed E-state index contributed by atoms with van der Waals surface area (Å²) in [5, 5.41) is 19.3. The fraction of sp³-hybridized carbons (Fsp3) is 0.200. The third-order valence-electron chi connectivity index (χ3n) is 5.10. The minimum Gasteiger partial charge on any atom is -0.369 e. The van der Waals surface area contributed by atoms with Gasteiger partial charge >= 0.3 is 0 Å². The van der Waals surface area contributed by atoms with Crippen LogP contribution in [0.2, 0.25) is 0 Å². The molecule has 154 valence electrons. The maximum atomic E-state index is 12.9. The van der Waals surface area contributed by atoms with E-state index in [2.05, 4.69) is 17.1 Å². The summed E-state index contributed by atoms with van der Waals surface area (Å²) in [5.74, 6) is -0.402. The quantitative estimate of drug-likeness (QED) is 0.462. The number of benzene rings is 2. The molecule has 31 heavy (non-hydrogen) atoms. The van der Waals surface area contributed by atoms with Gasteiger partial charge in [0.05, 0.1) is 23.5 Å². The minimum atomic E-state index is -0.402. The van der Waals surface area contributed by atoms with Crippen LogP contribution in [0, 0.1) is 22.7 Å². The Balaban J connectivity index is 2.17. The molecule has 0 aliphatic heterocycles. The molecule has 0 radical (unpaired) electrons. The van der Waals surface area contributed by atoms with Gasteiger partial charge in [0.1, 0.15) is 11.8 Å². The number of nitriles is 2. The van der Waals surface area contributed by atoms with E-state index < -0.39 is 5.91 Å². The van der Waals surface area contributed by atoms with Gasteiger partial charge in [-0.05, 0) is 29.2 Å². The molecule has 3 aromatic rings. The van der Waals surface area contributed by atoms with Crippen LogP contribution in [0.5, 0.6) is 0 Å². The Bertz CT molecular complexity index is 1230. The van der Waals surface area contributed by atoms with Crippen molar-refractivity contribution in [2.24, 2.45) is 12.0 Å². The van der Waals surface area contributed by atoms with Crippen LogP contribution in [0.15, 0.2) is 53.5 Å². The molecular weight excluding hydrogens is 386 g/mol. The monoisotopic (exact) mass is 409 g/mol. The first-order chi connectivity index (χ1) is 14.9. The number of rotatable bonds is 5. The topological polar surface area (TPSA) is 85.2 Å². The zero-order valence-electron chi connectivity index (χ0n) is 18.0. The molecule has 0 fully saturated rings. The van der Waals surface area contributed by atoms with Crippen LogP contribution in [0.4, 0.5) is 0 Å². The van der Waals surface area contributed by atoms with Crippen molar-refractivity contribution in [1.82, 2.24) is 9.47 Å². The fourth-order valence-electron chi connectivity index (χ4n) is 3.68. The van der Waals surface area contributed by atoms with Crippen molar-refractivity contribution < 1.29 is 4.79 Å². The van der Waals surface area contributed by atoms with Gasteiger partial charge in [0.25, 0.3) is 5.91 Å². The van der Waals surface area contributed by atoms with Gasteiger partial charge in [0, 0.05) is 32.4 Å². The number of carbonyl (C=O) groups excluding carboxylic acids is 1. The van der Waals surface area contributed by atoms with Gasteiger partial charge in [-0.15, -0.1) is 0 Å². The average molecular weight is 409 g/mol. The van der Waals surface area contributed by atoms with E-state index in [9.17, 15) is 15.3 Å². The third-order valence-corrected chi connectivity index (χ3v) is 5.10. The molecule has 1 aromatic heterocycles. The Hall–Kier alpha value is -4.16. The molecule has 1 heterocycles. The van der Waals surface area contributed by atoms with Crippen LogP contribution in [-0.4, -0.2) is 35.8 Å². The Morgan fingerprint density at radius 2 is 1.71 bits per heavy atom. The summed E-state index contributed by atoms with van der Waals surface area (Å²) in [6.45, 7) is 1.96. The van der Waals surface area contributed by atoms with E-state index in [4.69, 9.17) is 0 Å². The highest BCUT2D eigenvalue weighted by molar-refractivity contribution is 6.04. The van der Waals surface area contributed by atoms with Gasteiger partial charge in [-0.2, -0.15) is 15.5 Å². The van der Waals surface area contributed by atoms with Crippen molar-refractivity contribution in [3.63, 3.8) is 0 Å².